The molecule has 0 radical (unpaired) electrons. The molecule has 4 nitrogen and oxygen atoms in total. The van der Waals surface area contributed by atoms with E-state index in [2.05, 4.69) is 35.1 Å². The van der Waals surface area contributed by atoms with Gasteiger partial charge in [-0.3, -0.25) is 4.79 Å². The summed E-state index contributed by atoms with van der Waals surface area (Å²) < 4.78 is 0. The zero-order chi connectivity index (χ0) is 17.8. The minimum absolute atomic E-state index is 0.177. The molecule has 1 fully saturated rings. The molecule has 132 valence electrons. The van der Waals surface area contributed by atoms with Crippen LogP contribution >= 0.6 is 11.6 Å². The monoisotopic (exact) mass is 357 g/mol. The molecule has 1 aromatic carbocycles. The summed E-state index contributed by atoms with van der Waals surface area (Å²) in [6.45, 7) is 8.07. The molecule has 0 bridgehead atoms. The van der Waals surface area contributed by atoms with Crippen molar-refractivity contribution in [3.8, 4) is 0 Å². The minimum Gasteiger partial charge on any atom is -0.322 e. The topological polar surface area (TPSA) is 45.2 Å². The predicted octanol–water partition coefficient (Wildman–Crippen LogP) is 4.12. The van der Waals surface area contributed by atoms with E-state index in [4.69, 9.17) is 11.6 Å². The summed E-state index contributed by atoms with van der Waals surface area (Å²) >= 11 is 5.85. The molecule has 1 amide bonds. The van der Waals surface area contributed by atoms with Crippen LogP contribution in [0.15, 0.2) is 42.6 Å². The SMILES string of the molecule is C[C@H]1CN(CCc2cccc(NC(=O)c3ccnc(Cl)c3)c2)C[C@@H]1C. The summed E-state index contributed by atoms with van der Waals surface area (Å²) in [6, 6.07) is 11.3. The van der Waals surface area contributed by atoms with Gasteiger partial charge in [-0.25, -0.2) is 4.98 Å². The fourth-order valence-electron chi connectivity index (χ4n) is 3.27. The second kappa shape index (κ2) is 7.98. The fourth-order valence-corrected chi connectivity index (χ4v) is 3.44. The highest BCUT2D eigenvalue weighted by atomic mass is 35.5. The molecular formula is C20H24ClN3O. The molecule has 25 heavy (non-hydrogen) atoms. The molecule has 0 saturated carbocycles. The number of aromatic nitrogens is 1. The molecule has 1 N–H and O–H groups in total. The summed E-state index contributed by atoms with van der Waals surface area (Å²) in [5.41, 5.74) is 2.54. The molecule has 0 unspecified atom stereocenters. The van der Waals surface area contributed by atoms with Gasteiger partial charge < -0.3 is 10.2 Å². The van der Waals surface area contributed by atoms with Crippen molar-refractivity contribution in [3.63, 3.8) is 0 Å². The summed E-state index contributed by atoms with van der Waals surface area (Å²) in [4.78, 5) is 18.7. The summed E-state index contributed by atoms with van der Waals surface area (Å²) in [5, 5.41) is 3.24. The van der Waals surface area contributed by atoms with Crippen LogP contribution in [0, 0.1) is 11.8 Å². The van der Waals surface area contributed by atoms with Crippen LogP contribution in [-0.2, 0) is 6.42 Å². The maximum absolute atomic E-state index is 12.3. The molecule has 1 aliphatic rings. The number of benzene rings is 1. The molecule has 1 aromatic heterocycles. The van der Waals surface area contributed by atoms with Gasteiger partial charge in [-0.2, -0.15) is 0 Å². The number of likely N-dealkylation sites (tertiary alicyclic amines) is 1. The number of rotatable bonds is 5. The van der Waals surface area contributed by atoms with Crippen LogP contribution in [0.3, 0.4) is 0 Å². The zero-order valence-electron chi connectivity index (χ0n) is 14.7. The predicted molar refractivity (Wildman–Crippen MR) is 102 cm³/mol. The second-order valence-corrected chi connectivity index (χ2v) is 7.37. The first kappa shape index (κ1) is 17.9. The Labute approximate surface area is 154 Å². The van der Waals surface area contributed by atoms with E-state index in [1.54, 1.807) is 12.1 Å². The first-order valence-corrected chi connectivity index (χ1v) is 9.13. The van der Waals surface area contributed by atoms with Gasteiger partial charge in [-0.15, -0.1) is 0 Å². The fraction of sp³-hybridized carbons (Fsp3) is 0.400. The number of carbonyl (C=O) groups is 1. The number of hydrogen-bond acceptors (Lipinski definition) is 3. The Bertz CT molecular complexity index is 739. The number of nitrogens with one attached hydrogen (secondary N) is 1. The van der Waals surface area contributed by atoms with E-state index in [0.717, 1.165) is 30.5 Å². The lowest BCUT2D eigenvalue weighted by atomic mass is 10.0. The third-order valence-electron chi connectivity index (χ3n) is 4.95. The smallest absolute Gasteiger partial charge is 0.255 e. The number of nitrogens with zero attached hydrogens (tertiary/aromatic N) is 2. The van der Waals surface area contributed by atoms with E-state index in [-0.39, 0.29) is 5.91 Å². The van der Waals surface area contributed by atoms with E-state index in [1.165, 1.54) is 24.8 Å². The molecule has 1 aliphatic heterocycles. The molecule has 3 rings (SSSR count). The van der Waals surface area contributed by atoms with E-state index in [1.807, 2.05) is 18.2 Å². The van der Waals surface area contributed by atoms with Crippen LogP contribution in [-0.4, -0.2) is 35.4 Å². The van der Waals surface area contributed by atoms with Crippen molar-refractivity contribution in [2.45, 2.75) is 20.3 Å². The number of hydrogen-bond donors (Lipinski definition) is 1. The Kier molecular flexibility index (Phi) is 5.71. The Morgan fingerprint density at radius 3 is 2.72 bits per heavy atom. The molecule has 0 aliphatic carbocycles. The van der Waals surface area contributed by atoms with Crippen LogP contribution < -0.4 is 5.32 Å². The molecule has 2 atom stereocenters. The van der Waals surface area contributed by atoms with Gasteiger partial charge >= 0.3 is 0 Å². The maximum atomic E-state index is 12.3. The lowest BCUT2D eigenvalue weighted by molar-refractivity contribution is 0.102. The van der Waals surface area contributed by atoms with E-state index < -0.39 is 0 Å². The number of carbonyl (C=O) groups excluding carboxylic acids is 1. The summed E-state index contributed by atoms with van der Waals surface area (Å²) in [6.07, 6.45) is 2.52. The number of amides is 1. The highest BCUT2D eigenvalue weighted by Gasteiger charge is 2.25. The number of anilines is 1. The van der Waals surface area contributed by atoms with E-state index >= 15 is 0 Å². The Morgan fingerprint density at radius 1 is 1.24 bits per heavy atom. The third kappa shape index (κ3) is 4.80. The second-order valence-electron chi connectivity index (χ2n) is 6.99. The van der Waals surface area contributed by atoms with Crippen molar-refractivity contribution in [1.82, 2.24) is 9.88 Å². The lowest BCUT2D eigenvalue weighted by Gasteiger charge is -2.15. The highest BCUT2D eigenvalue weighted by Crippen LogP contribution is 2.22. The maximum Gasteiger partial charge on any atom is 0.255 e. The molecule has 2 heterocycles. The molecule has 5 heteroatoms. The van der Waals surface area contributed by atoms with Gasteiger partial charge in [0.25, 0.3) is 5.91 Å². The largest absolute Gasteiger partial charge is 0.322 e. The van der Waals surface area contributed by atoms with E-state index in [9.17, 15) is 4.79 Å². The van der Waals surface area contributed by atoms with Crippen LogP contribution in [0.4, 0.5) is 5.69 Å². The van der Waals surface area contributed by atoms with Crippen LogP contribution in [0.5, 0.6) is 0 Å². The summed E-state index contributed by atoms with van der Waals surface area (Å²) in [7, 11) is 0. The molecule has 1 saturated heterocycles. The minimum atomic E-state index is -0.177. The average Bonchev–Trinajstić information content (AvgIpc) is 2.91. The first-order chi connectivity index (χ1) is 12.0. The third-order valence-corrected chi connectivity index (χ3v) is 5.16. The number of halogens is 1. The van der Waals surface area contributed by atoms with Crippen molar-refractivity contribution in [1.29, 1.82) is 0 Å². The Balaban J connectivity index is 1.59. The van der Waals surface area contributed by atoms with Gasteiger partial charge in [-0.1, -0.05) is 37.6 Å². The molecule has 0 spiro atoms. The Morgan fingerprint density at radius 2 is 2.00 bits per heavy atom. The van der Waals surface area contributed by atoms with Gasteiger partial charge in [0, 0.05) is 37.1 Å². The van der Waals surface area contributed by atoms with Crippen molar-refractivity contribution >= 4 is 23.2 Å². The van der Waals surface area contributed by atoms with Crippen LogP contribution in [0.2, 0.25) is 5.15 Å². The van der Waals surface area contributed by atoms with Crippen molar-refractivity contribution in [2.24, 2.45) is 11.8 Å². The molecular weight excluding hydrogens is 334 g/mol. The van der Waals surface area contributed by atoms with Crippen molar-refractivity contribution < 1.29 is 4.79 Å². The van der Waals surface area contributed by atoms with Crippen LogP contribution in [0.25, 0.3) is 0 Å². The van der Waals surface area contributed by atoms with E-state index in [0.29, 0.717) is 10.7 Å². The number of pyridine rings is 1. The standard InChI is InChI=1S/C20H24ClN3O/c1-14-12-24(13-15(14)2)9-7-16-4-3-5-18(10-16)23-20(25)17-6-8-22-19(21)11-17/h3-6,8,10-11,14-15H,7,9,12-13H2,1-2H3,(H,23,25)/t14-,15-/m0/s1. The zero-order valence-corrected chi connectivity index (χ0v) is 15.5. The quantitative estimate of drug-likeness (QED) is 0.819. The van der Waals surface area contributed by atoms with Gasteiger partial charge in [0.05, 0.1) is 0 Å². The van der Waals surface area contributed by atoms with Gasteiger partial charge in [0.1, 0.15) is 5.15 Å². The summed E-state index contributed by atoms with van der Waals surface area (Å²) in [5.74, 6) is 1.37. The van der Waals surface area contributed by atoms with Gasteiger partial charge in [0.2, 0.25) is 0 Å². The normalized spacial score (nSPS) is 20.6. The van der Waals surface area contributed by atoms with Crippen molar-refractivity contribution in [2.75, 3.05) is 25.0 Å². The van der Waals surface area contributed by atoms with Crippen molar-refractivity contribution in [3.05, 3.63) is 58.9 Å². The molecule has 2 aromatic rings. The first-order valence-electron chi connectivity index (χ1n) is 8.75. The highest BCUT2D eigenvalue weighted by molar-refractivity contribution is 6.29. The van der Waals surface area contributed by atoms with Gasteiger partial charge in [0.15, 0.2) is 0 Å². The average molecular weight is 358 g/mol. The lowest BCUT2D eigenvalue weighted by Crippen LogP contribution is -2.23. The van der Waals surface area contributed by atoms with Gasteiger partial charge in [-0.05, 0) is 48.1 Å². The van der Waals surface area contributed by atoms with Crippen LogP contribution in [0.1, 0.15) is 29.8 Å². The Hall–Kier alpha value is -1.91.